The van der Waals surface area contributed by atoms with Crippen LogP contribution in [0, 0.1) is 0 Å². The minimum Gasteiger partial charge on any atom is -0.491 e. The largest absolute Gasteiger partial charge is 0.491 e. The molecule has 1 heterocycles. The third-order valence-electron chi connectivity index (χ3n) is 1.72. The number of ether oxygens (including phenoxy) is 3. The lowest BCUT2D eigenvalue weighted by atomic mass is 10.4. The topological polar surface area (TPSA) is 40.6 Å². The predicted octanol–water partition coefficient (Wildman–Crippen LogP) is 1.51. The predicted molar refractivity (Wildman–Crippen MR) is 52.8 cm³/mol. The first-order valence-electron chi connectivity index (χ1n) is 4.48. The third-order valence-corrected chi connectivity index (χ3v) is 1.72. The lowest BCUT2D eigenvalue weighted by Crippen LogP contribution is -2.02. The molecule has 0 fully saturated rings. The van der Waals surface area contributed by atoms with Crippen molar-refractivity contribution in [3.63, 3.8) is 0 Å². The third kappa shape index (κ3) is 3.22. The summed E-state index contributed by atoms with van der Waals surface area (Å²) in [5, 5.41) is 0. The summed E-state index contributed by atoms with van der Waals surface area (Å²) in [6.45, 7) is 1.32. The molecule has 0 saturated carbocycles. The molecule has 0 radical (unpaired) electrons. The average Bonchev–Trinajstić information content (AvgIpc) is 2.25. The van der Waals surface area contributed by atoms with E-state index in [-0.39, 0.29) is 0 Å². The fourth-order valence-corrected chi connectivity index (χ4v) is 1.03. The summed E-state index contributed by atoms with van der Waals surface area (Å²) >= 11 is 0. The van der Waals surface area contributed by atoms with Crippen molar-refractivity contribution in [1.82, 2.24) is 4.98 Å². The lowest BCUT2D eigenvalue weighted by Gasteiger charge is -2.08. The Kier molecular flexibility index (Phi) is 4.78. The Balaban J connectivity index is 2.41. The van der Waals surface area contributed by atoms with Gasteiger partial charge in [0.25, 0.3) is 0 Å². The van der Waals surface area contributed by atoms with Gasteiger partial charge >= 0.3 is 0 Å². The Bertz CT molecular complexity index is 265. The van der Waals surface area contributed by atoms with Crippen molar-refractivity contribution in [1.29, 1.82) is 0 Å². The van der Waals surface area contributed by atoms with Gasteiger partial charge in [0.15, 0.2) is 11.5 Å². The number of methoxy groups -OCH3 is 2. The first-order chi connectivity index (χ1) is 6.88. The van der Waals surface area contributed by atoms with Crippen molar-refractivity contribution < 1.29 is 14.2 Å². The van der Waals surface area contributed by atoms with Crippen molar-refractivity contribution >= 4 is 0 Å². The summed E-state index contributed by atoms with van der Waals surface area (Å²) < 4.78 is 15.5. The van der Waals surface area contributed by atoms with Gasteiger partial charge in [0.1, 0.15) is 0 Å². The minimum absolute atomic E-state index is 0.619. The summed E-state index contributed by atoms with van der Waals surface area (Å²) in [5.41, 5.74) is 0. The van der Waals surface area contributed by atoms with Crippen molar-refractivity contribution in [2.45, 2.75) is 6.42 Å². The molecule has 0 spiro atoms. The first-order valence-corrected chi connectivity index (χ1v) is 4.48. The van der Waals surface area contributed by atoms with Gasteiger partial charge in [0, 0.05) is 32.4 Å². The van der Waals surface area contributed by atoms with Gasteiger partial charge in [-0.1, -0.05) is 0 Å². The number of nitrogens with zero attached hydrogens (tertiary/aromatic N) is 1. The summed E-state index contributed by atoms with van der Waals surface area (Å²) in [4.78, 5) is 3.93. The van der Waals surface area contributed by atoms with Crippen molar-refractivity contribution in [3.05, 3.63) is 18.5 Å². The van der Waals surface area contributed by atoms with Gasteiger partial charge in [-0.15, -0.1) is 0 Å². The molecular weight excluding hydrogens is 182 g/mol. The average molecular weight is 197 g/mol. The van der Waals surface area contributed by atoms with Gasteiger partial charge < -0.3 is 14.2 Å². The van der Waals surface area contributed by atoms with E-state index in [1.54, 1.807) is 32.7 Å². The molecule has 0 aliphatic rings. The van der Waals surface area contributed by atoms with Crippen LogP contribution in [0.5, 0.6) is 11.5 Å². The molecular formula is C10H15NO3. The second-order valence-electron chi connectivity index (χ2n) is 2.72. The van der Waals surface area contributed by atoms with Crippen LogP contribution in [0.1, 0.15) is 6.42 Å². The Hall–Kier alpha value is -1.29. The molecule has 0 aliphatic heterocycles. The van der Waals surface area contributed by atoms with Gasteiger partial charge in [-0.3, -0.25) is 4.98 Å². The molecule has 0 unspecified atom stereocenters. The molecule has 78 valence electrons. The van der Waals surface area contributed by atoms with E-state index in [0.29, 0.717) is 19.0 Å². The normalized spacial score (nSPS) is 9.86. The van der Waals surface area contributed by atoms with Gasteiger partial charge in [-0.05, 0) is 0 Å². The number of aromatic nitrogens is 1. The molecule has 4 nitrogen and oxygen atoms in total. The fourth-order valence-electron chi connectivity index (χ4n) is 1.03. The number of rotatable bonds is 6. The SMILES string of the molecule is COCCCOc1ccncc1OC. The van der Waals surface area contributed by atoms with Gasteiger partial charge in [-0.25, -0.2) is 0 Å². The molecule has 0 aromatic carbocycles. The summed E-state index contributed by atoms with van der Waals surface area (Å²) in [5.74, 6) is 1.38. The highest BCUT2D eigenvalue weighted by Crippen LogP contribution is 2.24. The molecule has 14 heavy (non-hydrogen) atoms. The summed E-state index contributed by atoms with van der Waals surface area (Å²) in [6, 6.07) is 1.78. The Labute approximate surface area is 83.8 Å². The Morgan fingerprint density at radius 3 is 2.79 bits per heavy atom. The molecule has 1 aromatic rings. The smallest absolute Gasteiger partial charge is 0.179 e. The lowest BCUT2D eigenvalue weighted by molar-refractivity contribution is 0.170. The van der Waals surface area contributed by atoms with E-state index in [1.165, 1.54) is 0 Å². The van der Waals surface area contributed by atoms with Crippen LogP contribution in [0.4, 0.5) is 0 Å². The zero-order valence-electron chi connectivity index (χ0n) is 8.53. The highest BCUT2D eigenvalue weighted by Gasteiger charge is 2.01. The van der Waals surface area contributed by atoms with Crippen molar-refractivity contribution in [2.24, 2.45) is 0 Å². The second-order valence-corrected chi connectivity index (χ2v) is 2.72. The van der Waals surface area contributed by atoms with Crippen LogP contribution in [0.2, 0.25) is 0 Å². The molecule has 0 bridgehead atoms. The van der Waals surface area contributed by atoms with Gasteiger partial charge in [0.2, 0.25) is 0 Å². The van der Waals surface area contributed by atoms with Crippen LogP contribution >= 0.6 is 0 Å². The van der Waals surface area contributed by atoms with E-state index in [4.69, 9.17) is 14.2 Å². The number of pyridine rings is 1. The van der Waals surface area contributed by atoms with Gasteiger partial charge in [-0.2, -0.15) is 0 Å². The fraction of sp³-hybridized carbons (Fsp3) is 0.500. The standard InChI is InChI=1S/C10H15NO3/c1-12-6-3-7-14-9-4-5-11-8-10(9)13-2/h4-5,8H,3,6-7H2,1-2H3. The van der Waals surface area contributed by atoms with E-state index in [9.17, 15) is 0 Å². The quantitative estimate of drug-likeness (QED) is 0.648. The minimum atomic E-state index is 0.619. The van der Waals surface area contributed by atoms with Crippen molar-refractivity contribution in [3.8, 4) is 11.5 Å². The molecule has 0 saturated heterocycles. The van der Waals surface area contributed by atoms with Crippen LogP contribution in [-0.4, -0.2) is 32.4 Å². The van der Waals surface area contributed by atoms with E-state index in [2.05, 4.69) is 4.98 Å². The molecule has 1 rings (SSSR count). The van der Waals surface area contributed by atoms with Crippen LogP contribution in [0.25, 0.3) is 0 Å². The highest BCUT2D eigenvalue weighted by atomic mass is 16.5. The van der Waals surface area contributed by atoms with Crippen LogP contribution in [-0.2, 0) is 4.74 Å². The molecule has 1 aromatic heterocycles. The van der Waals surface area contributed by atoms with E-state index < -0.39 is 0 Å². The summed E-state index contributed by atoms with van der Waals surface area (Å²) in [6.07, 6.45) is 4.17. The summed E-state index contributed by atoms with van der Waals surface area (Å²) in [7, 11) is 3.27. The zero-order chi connectivity index (χ0) is 10.2. The van der Waals surface area contributed by atoms with Crippen LogP contribution in [0.15, 0.2) is 18.5 Å². The Morgan fingerprint density at radius 1 is 1.21 bits per heavy atom. The number of hydrogen-bond donors (Lipinski definition) is 0. The maximum absolute atomic E-state index is 5.49. The maximum atomic E-state index is 5.49. The van der Waals surface area contributed by atoms with E-state index in [0.717, 1.165) is 12.2 Å². The zero-order valence-corrected chi connectivity index (χ0v) is 8.53. The molecule has 0 N–H and O–H groups in total. The molecule has 0 amide bonds. The molecule has 0 atom stereocenters. The first kappa shape index (κ1) is 10.8. The molecule has 0 aliphatic carbocycles. The second kappa shape index (κ2) is 6.21. The Morgan fingerprint density at radius 2 is 2.07 bits per heavy atom. The number of hydrogen-bond acceptors (Lipinski definition) is 4. The van der Waals surface area contributed by atoms with Crippen LogP contribution < -0.4 is 9.47 Å². The maximum Gasteiger partial charge on any atom is 0.179 e. The highest BCUT2D eigenvalue weighted by molar-refractivity contribution is 5.36. The van der Waals surface area contributed by atoms with Crippen LogP contribution in [0.3, 0.4) is 0 Å². The monoisotopic (exact) mass is 197 g/mol. The van der Waals surface area contributed by atoms with E-state index >= 15 is 0 Å². The van der Waals surface area contributed by atoms with Crippen molar-refractivity contribution in [2.75, 3.05) is 27.4 Å². The van der Waals surface area contributed by atoms with E-state index in [1.807, 2.05) is 0 Å². The van der Waals surface area contributed by atoms with Gasteiger partial charge in [0.05, 0.1) is 19.9 Å². The molecule has 4 heteroatoms.